The second-order valence-corrected chi connectivity index (χ2v) is 6.96. The zero-order valence-corrected chi connectivity index (χ0v) is 12.7. The van der Waals surface area contributed by atoms with Gasteiger partial charge >= 0.3 is 6.61 Å². The molecule has 0 amide bonds. The molecule has 21 heavy (non-hydrogen) atoms. The number of anilines is 1. The number of ether oxygens (including phenoxy) is 1. The number of nitrogens with one attached hydrogen (secondary N) is 1. The van der Waals surface area contributed by atoms with E-state index in [0.717, 1.165) is 17.8 Å². The van der Waals surface area contributed by atoms with Crippen LogP contribution in [0.4, 0.5) is 14.5 Å². The highest BCUT2D eigenvalue weighted by Gasteiger charge is 2.40. The summed E-state index contributed by atoms with van der Waals surface area (Å²) in [6.07, 6.45) is 5.04. The summed E-state index contributed by atoms with van der Waals surface area (Å²) in [6, 6.07) is 5.28. The Morgan fingerprint density at radius 3 is 2.81 bits per heavy atom. The number of rotatable bonds is 3. The second kappa shape index (κ2) is 5.47. The summed E-state index contributed by atoms with van der Waals surface area (Å²) in [5.41, 5.74) is 2.53. The molecule has 2 nitrogen and oxygen atoms in total. The molecule has 1 heterocycles. The van der Waals surface area contributed by atoms with Crippen molar-refractivity contribution in [3.63, 3.8) is 0 Å². The topological polar surface area (TPSA) is 21.3 Å². The molecule has 1 fully saturated rings. The largest absolute Gasteiger partial charge is 0.435 e. The van der Waals surface area contributed by atoms with E-state index in [1.54, 1.807) is 12.1 Å². The smallest absolute Gasteiger partial charge is 0.387 e. The predicted molar refractivity (Wildman–Crippen MR) is 80.0 cm³/mol. The van der Waals surface area contributed by atoms with Gasteiger partial charge in [0.05, 0.1) is 0 Å². The summed E-state index contributed by atoms with van der Waals surface area (Å²) in [6.45, 7) is 2.83. The van der Waals surface area contributed by atoms with Crippen LogP contribution < -0.4 is 10.1 Å². The van der Waals surface area contributed by atoms with Crippen LogP contribution in [0.5, 0.6) is 5.75 Å². The van der Waals surface area contributed by atoms with E-state index in [-0.39, 0.29) is 5.75 Å². The van der Waals surface area contributed by atoms with Gasteiger partial charge in [-0.15, -0.1) is 0 Å². The zero-order chi connectivity index (χ0) is 15.0. The minimum absolute atomic E-state index is 0.270. The Balaban J connectivity index is 1.88. The summed E-state index contributed by atoms with van der Waals surface area (Å²) < 4.78 is 29.4. The molecule has 0 spiro atoms. The normalized spacial score (nSPS) is 27.3. The van der Waals surface area contributed by atoms with Crippen LogP contribution in [0.2, 0.25) is 0 Å². The Kier molecular flexibility index (Phi) is 3.80. The second-order valence-electron chi connectivity index (χ2n) is 6.96. The molecule has 2 unspecified atom stereocenters. The van der Waals surface area contributed by atoms with Gasteiger partial charge in [0.25, 0.3) is 0 Å². The van der Waals surface area contributed by atoms with Gasteiger partial charge in [-0.1, -0.05) is 26.7 Å². The maximum Gasteiger partial charge on any atom is 0.387 e. The molecule has 1 aliphatic heterocycles. The molecule has 116 valence electrons. The van der Waals surface area contributed by atoms with Crippen molar-refractivity contribution in [1.82, 2.24) is 0 Å². The van der Waals surface area contributed by atoms with Gasteiger partial charge in [0.1, 0.15) is 5.75 Å². The quantitative estimate of drug-likeness (QED) is 0.846. The number of hydrogen-bond acceptors (Lipinski definition) is 2. The van der Waals surface area contributed by atoms with Crippen molar-refractivity contribution >= 4 is 5.69 Å². The summed E-state index contributed by atoms with van der Waals surface area (Å²) in [5, 5.41) is 3.42. The molecule has 1 aliphatic carbocycles. The van der Waals surface area contributed by atoms with Crippen molar-refractivity contribution in [3.05, 3.63) is 23.8 Å². The van der Waals surface area contributed by atoms with Gasteiger partial charge in [-0.05, 0) is 47.9 Å². The number of benzene rings is 1. The molecule has 1 aromatic carbocycles. The van der Waals surface area contributed by atoms with E-state index in [9.17, 15) is 8.78 Å². The van der Waals surface area contributed by atoms with Crippen LogP contribution in [0.1, 0.15) is 51.0 Å². The number of alkyl halides is 2. The van der Waals surface area contributed by atoms with Crippen LogP contribution in [0.25, 0.3) is 0 Å². The molecule has 3 rings (SSSR count). The standard InChI is InChI=1S/C17H23F2NO/c1-17(2)8-4-3-5-14(17)13-10-20-15-7-6-11(9-12(13)15)21-16(18)19/h6-7,9,13-14,16,20H,3-5,8,10H2,1-2H3. The fraction of sp³-hybridized carbons (Fsp3) is 0.647. The summed E-state index contributed by atoms with van der Waals surface area (Å²) >= 11 is 0. The lowest BCUT2D eigenvalue weighted by Crippen LogP contribution is -2.33. The van der Waals surface area contributed by atoms with Crippen molar-refractivity contribution < 1.29 is 13.5 Å². The lowest BCUT2D eigenvalue weighted by molar-refractivity contribution is -0.0499. The van der Waals surface area contributed by atoms with Gasteiger partial charge < -0.3 is 10.1 Å². The molecule has 0 bridgehead atoms. The molecule has 2 aliphatic rings. The van der Waals surface area contributed by atoms with Gasteiger partial charge in [-0.2, -0.15) is 8.78 Å². The maximum absolute atomic E-state index is 12.4. The summed E-state index contributed by atoms with van der Waals surface area (Å²) in [7, 11) is 0. The van der Waals surface area contributed by atoms with E-state index in [0.29, 0.717) is 17.3 Å². The molecule has 4 heteroatoms. The van der Waals surface area contributed by atoms with Gasteiger partial charge in [-0.25, -0.2) is 0 Å². The van der Waals surface area contributed by atoms with Crippen molar-refractivity contribution in [2.75, 3.05) is 11.9 Å². The summed E-state index contributed by atoms with van der Waals surface area (Å²) in [4.78, 5) is 0. The number of halogens is 2. The monoisotopic (exact) mass is 295 g/mol. The van der Waals surface area contributed by atoms with Gasteiger partial charge in [0.2, 0.25) is 0 Å². The Hall–Kier alpha value is -1.32. The van der Waals surface area contributed by atoms with Crippen LogP contribution in [0.3, 0.4) is 0 Å². The first-order valence-electron chi connectivity index (χ1n) is 7.80. The van der Waals surface area contributed by atoms with Crippen molar-refractivity contribution in [2.45, 2.75) is 52.1 Å². The van der Waals surface area contributed by atoms with Gasteiger partial charge in [-0.3, -0.25) is 0 Å². The van der Waals surface area contributed by atoms with Crippen molar-refractivity contribution in [1.29, 1.82) is 0 Å². The third-order valence-electron chi connectivity index (χ3n) is 5.24. The van der Waals surface area contributed by atoms with Gasteiger partial charge in [0.15, 0.2) is 0 Å². The maximum atomic E-state index is 12.4. The molecule has 0 radical (unpaired) electrons. The third kappa shape index (κ3) is 2.85. The minimum atomic E-state index is -2.76. The fourth-order valence-electron chi connectivity index (χ4n) is 4.14. The highest BCUT2D eigenvalue weighted by molar-refractivity contribution is 5.60. The van der Waals surface area contributed by atoms with E-state index >= 15 is 0 Å². The highest BCUT2D eigenvalue weighted by atomic mass is 19.3. The van der Waals surface area contributed by atoms with Crippen molar-refractivity contribution in [2.24, 2.45) is 11.3 Å². The molecule has 1 saturated carbocycles. The molecule has 1 N–H and O–H groups in total. The molecule has 0 aromatic heterocycles. The third-order valence-corrected chi connectivity index (χ3v) is 5.24. The van der Waals surface area contributed by atoms with Crippen LogP contribution in [-0.4, -0.2) is 13.2 Å². The lowest BCUT2D eigenvalue weighted by atomic mass is 9.63. The first-order valence-corrected chi connectivity index (χ1v) is 7.80. The molecular formula is C17H23F2NO. The Morgan fingerprint density at radius 2 is 2.10 bits per heavy atom. The van der Waals surface area contributed by atoms with E-state index in [2.05, 4.69) is 23.9 Å². The molecular weight excluding hydrogens is 272 g/mol. The van der Waals surface area contributed by atoms with Crippen LogP contribution in [0.15, 0.2) is 18.2 Å². The minimum Gasteiger partial charge on any atom is -0.435 e. The lowest BCUT2D eigenvalue weighted by Gasteiger charge is -2.42. The fourth-order valence-corrected chi connectivity index (χ4v) is 4.14. The SMILES string of the molecule is CC1(C)CCCCC1C1CNc2ccc(OC(F)F)cc21. The van der Waals surface area contributed by atoms with E-state index in [4.69, 9.17) is 0 Å². The highest BCUT2D eigenvalue weighted by Crippen LogP contribution is 2.51. The molecule has 0 saturated heterocycles. The first kappa shape index (κ1) is 14.6. The Morgan fingerprint density at radius 1 is 1.29 bits per heavy atom. The number of fused-ring (bicyclic) bond motifs is 1. The van der Waals surface area contributed by atoms with Crippen LogP contribution in [0, 0.1) is 11.3 Å². The summed E-state index contributed by atoms with van der Waals surface area (Å²) in [5.74, 6) is 1.27. The van der Waals surface area contributed by atoms with Gasteiger partial charge in [0, 0.05) is 18.2 Å². The molecule has 2 atom stereocenters. The number of hydrogen-bond donors (Lipinski definition) is 1. The van der Waals surface area contributed by atoms with Crippen LogP contribution in [-0.2, 0) is 0 Å². The average Bonchev–Trinajstić information content (AvgIpc) is 2.80. The van der Waals surface area contributed by atoms with E-state index in [1.165, 1.54) is 25.7 Å². The zero-order valence-electron chi connectivity index (χ0n) is 12.7. The van der Waals surface area contributed by atoms with Crippen LogP contribution >= 0.6 is 0 Å². The van der Waals surface area contributed by atoms with Crippen molar-refractivity contribution in [3.8, 4) is 5.75 Å². The molecule has 1 aromatic rings. The first-order chi connectivity index (χ1) is 9.97. The Bertz CT molecular complexity index is 516. The van der Waals surface area contributed by atoms with E-state index in [1.807, 2.05) is 6.07 Å². The van der Waals surface area contributed by atoms with E-state index < -0.39 is 6.61 Å². The average molecular weight is 295 g/mol. The Labute approximate surface area is 124 Å². The predicted octanol–water partition coefficient (Wildman–Crippen LogP) is 5.01.